The number of nitrogens with one attached hydrogen (secondary N) is 2. The molecule has 1 fully saturated rings. The standard InChI is InChI=1S/C13H12BrFN4/c14-8-1-2-11(15)10(5-8)12-3-4-13(19-18-12)17-9-6-16-7-9/h1-5,9,16H,6-7H2,(H,17,19). The molecule has 1 aromatic heterocycles. The van der Waals surface area contributed by atoms with Crippen LogP contribution in [0.25, 0.3) is 11.3 Å². The predicted molar refractivity (Wildman–Crippen MR) is 75.4 cm³/mol. The van der Waals surface area contributed by atoms with Crippen LogP contribution in [0.4, 0.5) is 10.2 Å². The molecule has 98 valence electrons. The Morgan fingerprint density at radius 3 is 2.68 bits per heavy atom. The molecular weight excluding hydrogens is 311 g/mol. The molecule has 0 spiro atoms. The van der Waals surface area contributed by atoms with E-state index in [0.717, 1.165) is 17.6 Å². The number of hydrogen-bond acceptors (Lipinski definition) is 4. The molecule has 0 saturated carbocycles. The molecule has 2 heterocycles. The van der Waals surface area contributed by atoms with E-state index < -0.39 is 0 Å². The van der Waals surface area contributed by atoms with E-state index in [-0.39, 0.29) is 5.82 Å². The first-order valence-electron chi connectivity index (χ1n) is 5.99. The maximum atomic E-state index is 13.7. The number of aromatic nitrogens is 2. The van der Waals surface area contributed by atoms with Crippen LogP contribution in [-0.2, 0) is 0 Å². The smallest absolute Gasteiger partial charge is 0.148 e. The van der Waals surface area contributed by atoms with Crippen molar-refractivity contribution in [2.24, 2.45) is 0 Å². The van der Waals surface area contributed by atoms with Crippen molar-refractivity contribution in [3.05, 3.63) is 40.6 Å². The SMILES string of the molecule is Fc1ccc(Br)cc1-c1ccc(NC2CNC2)nn1. The van der Waals surface area contributed by atoms with Gasteiger partial charge in [-0.25, -0.2) is 4.39 Å². The van der Waals surface area contributed by atoms with Gasteiger partial charge in [-0.2, -0.15) is 0 Å². The lowest BCUT2D eigenvalue weighted by Crippen LogP contribution is -2.51. The third-order valence-corrected chi connectivity index (χ3v) is 3.50. The van der Waals surface area contributed by atoms with Gasteiger partial charge in [-0.1, -0.05) is 15.9 Å². The van der Waals surface area contributed by atoms with Gasteiger partial charge < -0.3 is 10.6 Å². The molecule has 1 saturated heterocycles. The van der Waals surface area contributed by atoms with Crippen LogP contribution in [0.3, 0.4) is 0 Å². The molecule has 0 aliphatic carbocycles. The molecule has 0 unspecified atom stereocenters. The molecule has 1 aliphatic rings. The number of nitrogens with zero attached hydrogens (tertiary/aromatic N) is 2. The van der Waals surface area contributed by atoms with Crippen molar-refractivity contribution in [2.75, 3.05) is 18.4 Å². The van der Waals surface area contributed by atoms with Crippen molar-refractivity contribution in [2.45, 2.75) is 6.04 Å². The minimum atomic E-state index is -0.304. The first kappa shape index (κ1) is 12.5. The molecule has 1 aromatic carbocycles. The lowest BCUT2D eigenvalue weighted by Gasteiger charge is -2.28. The van der Waals surface area contributed by atoms with Gasteiger partial charge >= 0.3 is 0 Å². The summed E-state index contributed by atoms with van der Waals surface area (Å²) in [6.07, 6.45) is 0. The maximum Gasteiger partial charge on any atom is 0.148 e. The summed E-state index contributed by atoms with van der Waals surface area (Å²) in [4.78, 5) is 0. The second kappa shape index (κ2) is 5.22. The number of hydrogen-bond donors (Lipinski definition) is 2. The van der Waals surface area contributed by atoms with E-state index in [1.807, 2.05) is 6.07 Å². The summed E-state index contributed by atoms with van der Waals surface area (Å²) in [5.74, 6) is 0.409. The number of rotatable bonds is 3. The van der Waals surface area contributed by atoms with Gasteiger partial charge in [-0.05, 0) is 30.3 Å². The van der Waals surface area contributed by atoms with Gasteiger partial charge in [0.15, 0.2) is 0 Å². The number of anilines is 1. The zero-order valence-electron chi connectivity index (χ0n) is 10.0. The maximum absolute atomic E-state index is 13.7. The monoisotopic (exact) mass is 322 g/mol. The highest BCUT2D eigenvalue weighted by molar-refractivity contribution is 9.10. The van der Waals surface area contributed by atoms with Crippen LogP contribution in [-0.4, -0.2) is 29.3 Å². The molecular formula is C13H12BrFN4. The van der Waals surface area contributed by atoms with Crippen molar-refractivity contribution in [1.82, 2.24) is 15.5 Å². The Kier molecular flexibility index (Phi) is 3.44. The summed E-state index contributed by atoms with van der Waals surface area (Å²) < 4.78 is 14.5. The topological polar surface area (TPSA) is 49.8 Å². The first-order chi connectivity index (χ1) is 9.22. The summed E-state index contributed by atoms with van der Waals surface area (Å²) in [6, 6.07) is 8.76. The largest absolute Gasteiger partial charge is 0.363 e. The Labute approximate surface area is 118 Å². The van der Waals surface area contributed by atoms with E-state index in [0.29, 0.717) is 23.1 Å². The minimum Gasteiger partial charge on any atom is -0.363 e. The quantitative estimate of drug-likeness (QED) is 0.911. The highest BCUT2D eigenvalue weighted by atomic mass is 79.9. The first-order valence-corrected chi connectivity index (χ1v) is 6.78. The van der Waals surface area contributed by atoms with E-state index >= 15 is 0 Å². The summed E-state index contributed by atoms with van der Waals surface area (Å²) >= 11 is 3.32. The Morgan fingerprint density at radius 1 is 1.21 bits per heavy atom. The molecule has 6 heteroatoms. The van der Waals surface area contributed by atoms with Crippen molar-refractivity contribution in [3.63, 3.8) is 0 Å². The van der Waals surface area contributed by atoms with Gasteiger partial charge in [0.05, 0.1) is 11.7 Å². The van der Waals surface area contributed by atoms with E-state index in [9.17, 15) is 4.39 Å². The van der Waals surface area contributed by atoms with Crippen LogP contribution >= 0.6 is 15.9 Å². The molecule has 0 amide bonds. The Hall–Kier alpha value is -1.53. The van der Waals surface area contributed by atoms with E-state index in [2.05, 4.69) is 36.8 Å². The Balaban J connectivity index is 1.83. The lowest BCUT2D eigenvalue weighted by molar-refractivity contribution is 0.470. The van der Waals surface area contributed by atoms with Crippen LogP contribution in [0.5, 0.6) is 0 Å². The Morgan fingerprint density at radius 2 is 2.05 bits per heavy atom. The molecule has 3 rings (SSSR count). The van der Waals surface area contributed by atoms with Crippen LogP contribution in [0.1, 0.15) is 0 Å². The third-order valence-electron chi connectivity index (χ3n) is 3.00. The number of benzene rings is 1. The van der Waals surface area contributed by atoms with Crippen LogP contribution in [0.2, 0.25) is 0 Å². The van der Waals surface area contributed by atoms with Gasteiger partial charge in [0.1, 0.15) is 11.6 Å². The molecule has 0 atom stereocenters. The van der Waals surface area contributed by atoms with Gasteiger partial charge in [0.2, 0.25) is 0 Å². The molecule has 0 bridgehead atoms. The van der Waals surface area contributed by atoms with Crippen molar-refractivity contribution < 1.29 is 4.39 Å². The third kappa shape index (κ3) is 2.74. The average molecular weight is 323 g/mol. The minimum absolute atomic E-state index is 0.304. The average Bonchev–Trinajstić information content (AvgIpc) is 2.38. The van der Waals surface area contributed by atoms with Crippen LogP contribution < -0.4 is 10.6 Å². The van der Waals surface area contributed by atoms with E-state index in [4.69, 9.17) is 0 Å². The zero-order chi connectivity index (χ0) is 13.2. The van der Waals surface area contributed by atoms with Gasteiger partial charge in [0, 0.05) is 23.1 Å². The summed E-state index contributed by atoms with van der Waals surface area (Å²) in [5, 5.41) is 14.6. The second-order valence-corrected chi connectivity index (χ2v) is 5.34. The normalized spacial score (nSPS) is 15.1. The molecule has 0 radical (unpaired) electrons. The molecule has 2 N–H and O–H groups in total. The molecule has 4 nitrogen and oxygen atoms in total. The van der Waals surface area contributed by atoms with Gasteiger partial charge in [-0.3, -0.25) is 0 Å². The van der Waals surface area contributed by atoms with Crippen molar-refractivity contribution in [3.8, 4) is 11.3 Å². The van der Waals surface area contributed by atoms with Crippen LogP contribution in [0.15, 0.2) is 34.8 Å². The molecule has 19 heavy (non-hydrogen) atoms. The number of halogens is 2. The molecule has 1 aliphatic heterocycles. The van der Waals surface area contributed by atoms with E-state index in [1.165, 1.54) is 6.07 Å². The van der Waals surface area contributed by atoms with Gasteiger partial charge in [0.25, 0.3) is 0 Å². The fourth-order valence-corrected chi connectivity index (χ4v) is 2.21. The fourth-order valence-electron chi connectivity index (χ4n) is 1.85. The highest BCUT2D eigenvalue weighted by Crippen LogP contribution is 2.24. The van der Waals surface area contributed by atoms with Gasteiger partial charge in [-0.15, -0.1) is 10.2 Å². The van der Waals surface area contributed by atoms with Crippen molar-refractivity contribution >= 4 is 21.7 Å². The van der Waals surface area contributed by atoms with Crippen LogP contribution in [0, 0.1) is 5.82 Å². The molecule has 2 aromatic rings. The zero-order valence-corrected chi connectivity index (χ0v) is 11.6. The predicted octanol–water partition coefficient (Wildman–Crippen LogP) is 2.43. The second-order valence-electron chi connectivity index (χ2n) is 4.43. The fraction of sp³-hybridized carbons (Fsp3) is 0.231. The van der Waals surface area contributed by atoms with Crippen molar-refractivity contribution in [1.29, 1.82) is 0 Å². The lowest BCUT2D eigenvalue weighted by atomic mass is 10.1. The summed E-state index contributed by atoms with van der Waals surface area (Å²) in [6.45, 7) is 1.87. The highest BCUT2D eigenvalue weighted by Gasteiger charge is 2.16. The summed E-state index contributed by atoms with van der Waals surface area (Å²) in [5.41, 5.74) is 0.967. The van der Waals surface area contributed by atoms with E-state index in [1.54, 1.807) is 18.2 Å². The Bertz CT molecular complexity index is 584. The summed E-state index contributed by atoms with van der Waals surface area (Å²) in [7, 11) is 0.